The predicted molar refractivity (Wildman–Crippen MR) is 94.9 cm³/mol. The minimum absolute atomic E-state index is 0.0980. The third kappa shape index (κ3) is 7.54. The van der Waals surface area contributed by atoms with Crippen LogP contribution in [0.25, 0.3) is 0 Å². The summed E-state index contributed by atoms with van der Waals surface area (Å²) in [7, 11) is 0. The van der Waals surface area contributed by atoms with Gasteiger partial charge in [-0.05, 0) is 24.7 Å². The Morgan fingerprint density at radius 2 is 1.62 bits per heavy atom. The van der Waals surface area contributed by atoms with Gasteiger partial charge in [0, 0.05) is 0 Å². The van der Waals surface area contributed by atoms with Gasteiger partial charge in [0.15, 0.2) is 0 Å². The zero-order valence-electron chi connectivity index (χ0n) is 15.9. The molecule has 5 heteroatoms. The molecule has 1 aliphatic rings. The second-order valence-corrected chi connectivity index (χ2v) is 8.10. The fourth-order valence-electron chi connectivity index (χ4n) is 2.88. The standard InChI is InChI=1S/C19H35NO4/c1-5-6-7-8-11-14-23-16(21)19(12-9-10-13-19)20-17(22)24-15-18(2,3)4/h5-15H2,1-4H3,(H,20,22). The molecule has 1 fully saturated rings. The van der Waals surface area contributed by atoms with E-state index in [1.165, 1.54) is 19.3 Å². The van der Waals surface area contributed by atoms with Crippen LogP contribution >= 0.6 is 0 Å². The smallest absolute Gasteiger partial charge is 0.408 e. The molecule has 0 radical (unpaired) electrons. The van der Waals surface area contributed by atoms with Gasteiger partial charge in [-0.1, -0.05) is 66.2 Å². The highest BCUT2D eigenvalue weighted by molar-refractivity contribution is 5.86. The lowest BCUT2D eigenvalue weighted by molar-refractivity contribution is -0.151. The average molecular weight is 341 g/mol. The summed E-state index contributed by atoms with van der Waals surface area (Å²) in [6.45, 7) is 8.92. The summed E-state index contributed by atoms with van der Waals surface area (Å²) in [4.78, 5) is 24.6. The normalized spacial score (nSPS) is 16.7. The third-order valence-electron chi connectivity index (χ3n) is 4.31. The third-order valence-corrected chi connectivity index (χ3v) is 4.31. The minimum Gasteiger partial charge on any atom is -0.464 e. The molecule has 1 aliphatic carbocycles. The highest BCUT2D eigenvalue weighted by Gasteiger charge is 2.44. The van der Waals surface area contributed by atoms with Gasteiger partial charge in [0.2, 0.25) is 0 Å². The van der Waals surface area contributed by atoms with Gasteiger partial charge in [-0.2, -0.15) is 0 Å². The van der Waals surface area contributed by atoms with E-state index in [1.807, 2.05) is 20.8 Å². The number of unbranched alkanes of at least 4 members (excludes halogenated alkanes) is 4. The number of alkyl carbamates (subject to hydrolysis) is 1. The van der Waals surface area contributed by atoms with Gasteiger partial charge in [0.1, 0.15) is 5.54 Å². The van der Waals surface area contributed by atoms with Crippen LogP contribution in [0.4, 0.5) is 4.79 Å². The summed E-state index contributed by atoms with van der Waals surface area (Å²) >= 11 is 0. The maximum Gasteiger partial charge on any atom is 0.408 e. The number of nitrogens with one attached hydrogen (secondary N) is 1. The lowest BCUT2D eigenvalue weighted by Gasteiger charge is -2.28. The van der Waals surface area contributed by atoms with Crippen molar-refractivity contribution in [3.63, 3.8) is 0 Å². The number of rotatable bonds is 9. The SMILES string of the molecule is CCCCCCCOC(=O)C1(NC(=O)OCC(C)(C)C)CCCC1. The molecule has 0 spiro atoms. The summed E-state index contributed by atoms with van der Waals surface area (Å²) in [6.07, 6.45) is 8.14. The van der Waals surface area contributed by atoms with E-state index in [0.717, 1.165) is 25.7 Å². The first-order chi connectivity index (χ1) is 11.3. The van der Waals surface area contributed by atoms with E-state index in [-0.39, 0.29) is 11.4 Å². The van der Waals surface area contributed by atoms with E-state index in [9.17, 15) is 9.59 Å². The second kappa shape index (κ2) is 9.90. The molecule has 140 valence electrons. The second-order valence-electron chi connectivity index (χ2n) is 8.10. The van der Waals surface area contributed by atoms with Crippen molar-refractivity contribution in [2.24, 2.45) is 5.41 Å². The molecule has 24 heavy (non-hydrogen) atoms. The molecular weight excluding hydrogens is 306 g/mol. The van der Waals surface area contributed by atoms with Crippen molar-refractivity contribution in [3.8, 4) is 0 Å². The Bertz CT molecular complexity index is 395. The quantitative estimate of drug-likeness (QED) is 0.492. The van der Waals surface area contributed by atoms with E-state index in [2.05, 4.69) is 12.2 Å². The molecule has 0 unspecified atom stereocenters. The topological polar surface area (TPSA) is 64.6 Å². The number of carbonyl (C=O) groups is 2. The predicted octanol–water partition coefficient (Wildman–Crippen LogP) is 4.59. The summed E-state index contributed by atoms with van der Waals surface area (Å²) in [5, 5.41) is 2.79. The highest BCUT2D eigenvalue weighted by Crippen LogP contribution is 2.31. The number of hydrogen-bond donors (Lipinski definition) is 1. The summed E-state index contributed by atoms with van der Waals surface area (Å²) in [5.74, 6) is -0.303. The molecule has 0 saturated heterocycles. The van der Waals surface area contributed by atoms with Crippen LogP contribution in [0.5, 0.6) is 0 Å². The number of esters is 1. The monoisotopic (exact) mass is 341 g/mol. The molecule has 0 aromatic rings. The minimum atomic E-state index is -0.890. The Hall–Kier alpha value is -1.26. The first kappa shape index (κ1) is 20.8. The Kier molecular flexibility index (Phi) is 8.57. The summed E-state index contributed by atoms with van der Waals surface area (Å²) in [5.41, 5.74) is -0.989. The van der Waals surface area contributed by atoms with E-state index >= 15 is 0 Å². The van der Waals surface area contributed by atoms with Gasteiger partial charge in [-0.15, -0.1) is 0 Å². The van der Waals surface area contributed by atoms with Crippen molar-refractivity contribution >= 4 is 12.1 Å². The van der Waals surface area contributed by atoms with Crippen LogP contribution in [0.1, 0.15) is 85.5 Å². The van der Waals surface area contributed by atoms with Crippen LogP contribution < -0.4 is 5.32 Å². The van der Waals surface area contributed by atoms with E-state index < -0.39 is 11.6 Å². The molecule has 1 amide bonds. The van der Waals surface area contributed by atoms with Crippen LogP contribution in [0.2, 0.25) is 0 Å². The highest BCUT2D eigenvalue weighted by atomic mass is 16.6. The van der Waals surface area contributed by atoms with Gasteiger partial charge in [0.25, 0.3) is 0 Å². The molecule has 0 aromatic heterocycles. The van der Waals surface area contributed by atoms with Gasteiger partial charge < -0.3 is 14.8 Å². The molecule has 1 saturated carbocycles. The largest absolute Gasteiger partial charge is 0.464 e. The molecule has 0 aromatic carbocycles. The number of ether oxygens (including phenoxy) is 2. The Morgan fingerprint density at radius 3 is 2.21 bits per heavy atom. The van der Waals surface area contributed by atoms with Crippen LogP contribution in [0.15, 0.2) is 0 Å². The Balaban J connectivity index is 2.42. The molecular formula is C19H35NO4. The van der Waals surface area contributed by atoms with Crippen molar-refractivity contribution in [1.29, 1.82) is 0 Å². The maximum atomic E-state index is 12.5. The first-order valence-electron chi connectivity index (χ1n) is 9.41. The molecule has 5 nitrogen and oxygen atoms in total. The fourth-order valence-corrected chi connectivity index (χ4v) is 2.88. The van der Waals surface area contributed by atoms with Crippen LogP contribution in [-0.4, -0.2) is 30.8 Å². The molecule has 1 N–H and O–H groups in total. The summed E-state index contributed by atoms with van der Waals surface area (Å²) in [6, 6.07) is 0. The van der Waals surface area contributed by atoms with E-state index in [1.54, 1.807) is 0 Å². The van der Waals surface area contributed by atoms with Crippen LogP contribution in [-0.2, 0) is 14.3 Å². The van der Waals surface area contributed by atoms with Crippen LogP contribution in [0, 0.1) is 5.41 Å². The molecule has 0 aliphatic heterocycles. The maximum absolute atomic E-state index is 12.5. The van der Waals surface area contributed by atoms with Gasteiger partial charge in [-0.3, -0.25) is 0 Å². The average Bonchev–Trinajstić information content (AvgIpc) is 2.97. The molecule has 0 bridgehead atoms. The van der Waals surface area contributed by atoms with Crippen LogP contribution in [0.3, 0.4) is 0 Å². The van der Waals surface area contributed by atoms with Crippen molar-refractivity contribution in [2.75, 3.05) is 13.2 Å². The zero-order chi connectivity index (χ0) is 18.1. The molecule has 0 atom stereocenters. The van der Waals surface area contributed by atoms with Gasteiger partial charge >= 0.3 is 12.1 Å². The zero-order valence-corrected chi connectivity index (χ0v) is 15.9. The summed E-state index contributed by atoms with van der Waals surface area (Å²) < 4.78 is 10.7. The van der Waals surface area contributed by atoms with Crippen molar-refractivity contribution in [1.82, 2.24) is 5.32 Å². The van der Waals surface area contributed by atoms with Gasteiger partial charge in [0.05, 0.1) is 13.2 Å². The number of amides is 1. The molecule has 0 heterocycles. The van der Waals surface area contributed by atoms with Crippen molar-refractivity contribution < 1.29 is 19.1 Å². The number of hydrogen-bond acceptors (Lipinski definition) is 4. The van der Waals surface area contributed by atoms with Crippen molar-refractivity contribution in [2.45, 2.75) is 91.0 Å². The Morgan fingerprint density at radius 1 is 1.00 bits per heavy atom. The lowest BCUT2D eigenvalue weighted by atomic mass is 9.98. The van der Waals surface area contributed by atoms with E-state index in [0.29, 0.717) is 26.1 Å². The first-order valence-corrected chi connectivity index (χ1v) is 9.41. The fraction of sp³-hybridized carbons (Fsp3) is 0.895. The van der Waals surface area contributed by atoms with Crippen molar-refractivity contribution in [3.05, 3.63) is 0 Å². The van der Waals surface area contributed by atoms with Gasteiger partial charge in [-0.25, -0.2) is 9.59 Å². The van der Waals surface area contributed by atoms with E-state index in [4.69, 9.17) is 9.47 Å². The lowest BCUT2D eigenvalue weighted by Crippen LogP contribution is -2.53. The Labute approximate surface area is 146 Å². The number of carbonyl (C=O) groups excluding carboxylic acids is 2. The molecule has 1 rings (SSSR count).